The predicted octanol–water partition coefficient (Wildman–Crippen LogP) is 3.96. The van der Waals surface area contributed by atoms with Crippen LogP contribution in [0.4, 0.5) is 18.9 Å². The van der Waals surface area contributed by atoms with Gasteiger partial charge in [-0.3, -0.25) is 4.72 Å². The molecule has 35 heavy (non-hydrogen) atoms. The molecule has 2 aromatic carbocycles. The van der Waals surface area contributed by atoms with E-state index < -0.39 is 27.5 Å². The van der Waals surface area contributed by atoms with Crippen molar-refractivity contribution in [2.75, 3.05) is 52.2 Å². The molecule has 0 amide bonds. The maximum Gasteiger partial charge on any atom is 0.419 e. The number of likely N-dealkylation sites (tertiary alicyclic amines) is 1. The van der Waals surface area contributed by atoms with Gasteiger partial charge in [-0.25, -0.2) is 8.42 Å². The number of likely N-dealkylation sites (N-methyl/N-ethyl adjacent to an activating group) is 1. The first-order chi connectivity index (χ1) is 16.4. The molecule has 1 fully saturated rings. The average Bonchev–Trinajstić information content (AvgIpc) is 3.20. The summed E-state index contributed by atoms with van der Waals surface area (Å²) in [5.74, 6) is 0.0179. The van der Waals surface area contributed by atoms with Crippen molar-refractivity contribution in [1.29, 1.82) is 0 Å². The summed E-state index contributed by atoms with van der Waals surface area (Å²) in [6, 6.07) is 5.77. The Morgan fingerprint density at radius 2 is 1.80 bits per heavy atom. The summed E-state index contributed by atoms with van der Waals surface area (Å²) in [7, 11) is 0.568. The molecule has 0 aliphatic carbocycles. The Morgan fingerprint density at radius 1 is 1.11 bits per heavy atom. The van der Waals surface area contributed by atoms with Gasteiger partial charge in [0.05, 0.1) is 25.5 Å². The second kappa shape index (κ2) is 11.2. The van der Waals surface area contributed by atoms with Crippen molar-refractivity contribution in [3.05, 3.63) is 40.4 Å². The molecule has 0 radical (unpaired) electrons. The molecule has 1 aliphatic heterocycles. The first-order valence-corrected chi connectivity index (χ1v) is 12.9. The third-order valence-electron chi connectivity index (χ3n) is 5.45. The molecule has 3 rings (SSSR count). The van der Waals surface area contributed by atoms with Crippen molar-refractivity contribution < 1.29 is 35.8 Å². The van der Waals surface area contributed by atoms with Crippen molar-refractivity contribution in [1.82, 2.24) is 10.2 Å². The maximum atomic E-state index is 13.5. The number of nitrogens with one attached hydrogen (secondary N) is 2. The number of methoxy groups -OCH3 is 2. The summed E-state index contributed by atoms with van der Waals surface area (Å²) in [4.78, 5) is 1.98. The second-order valence-corrected chi connectivity index (χ2v) is 10.5. The fourth-order valence-electron chi connectivity index (χ4n) is 3.72. The van der Waals surface area contributed by atoms with Crippen molar-refractivity contribution in [3.8, 4) is 17.2 Å². The minimum absolute atomic E-state index is 0.0132. The normalized spacial score (nSPS) is 16.8. The lowest BCUT2D eigenvalue weighted by Gasteiger charge is -2.18. The highest BCUT2D eigenvalue weighted by molar-refractivity contribution is 9.10. The minimum atomic E-state index is -4.67. The van der Waals surface area contributed by atoms with Crippen LogP contribution in [0.25, 0.3) is 0 Å². The van der Waals surface area contributed by atoms with Crippen molar-refractivity contribution in [2.24, 2.45) is 0 Å². The second-order valence-electron chi connectivity index (χ2n) is 8.00. The molecule has 0 bridgehead atoms. The van der Waals surface area contributed by atoms with Crippen LogP contribution in [-0.2, 0) is 16.2 Å². The highest BCUT2D eigenvalue weighted by Crippen LogP contribution is 2.39. The highest BCUT2D eigenvalue weighted by Gasteiger charge is 2.35. The topological polar surface area (TPSA) is 89.1 Å². The number of anilines is 1. The van der Waals surface area contributed by atoms with Crippen LogP contribution in [0.2, 0.25) is 0 Å². The molecule has 0 aromatic heterocycles. The van der Waals surface area contributed by atoms with Crippen LogP contribution in [-0.4, -0.2) is 66.9 Å². The number of rotatable bonds is 10. The molecule has 0 spiro atoms. The molecular weight excluding hydrogens is 555 g/mol. The lowest BCUT2D eigenvalue weighted by Crippen LogP contribution is -2.34. The van der Waals surface area contributed by atoms with Crippen LogP contribution in [0.15, 0.2) is 39.7 Å². The quantitative estimate of drug-likeness (QED) is 0.410. The monoisotopic (exact) mass is 581 g/mol. The Balaban J connectivity index is 1.79. The zero-order valence-electron chi connectivity index (χ0n) is 19.4. The Labute approximate surface area is 210 Å². The summed E-state index contributed by atoms with van der Waals surface area (Å²) in [5, 5.41) is 3.25. The largest absolute Gasteiger partial charge is 0.493 e. The average molecular weight is 582 g/mol. The standard InChI is InChI=1S/C22H27BrF3N3O5S/c1-29-8-6-15(13-29)27-7-9-34-18-10-14(4-5-16(18)22(24,25)26)28-35(30,31)21-12-20(33-3)19(32-2)11-17(21)23/h4-5,10-12,15,27-28H,6-9,13H2,1-3H3. The minimum Gasteiger partial charge on any atom is -0.493 e. The van der Waals surface area contributed by atoms with E-state index in [1.165, 1.54) is 26.4 Å². The molecule has 13 heteroatoms. The number of nitrogens with zero attached hydrogens (tertiary/aromatic N) is 1. The molecule has 1 heterocycles. The van der Waals surface area contributed by atoms with Crippen LogP contribution in [0.5, 0.6) is 17.2 Å². The first kappa shape index (κ1) is 27.4. The van der Waals surface area contributed by atoms with Gasteiger partial charge in [-0.05, 0) is 54.1 Å². The summed E-state index contributed by atoms with van der Waals surface area (Å²) in [6.07, 6.45) is -3.71. The van der Waals surface area contributed by atoms with Gasteiger partial charge < -0.3 is 24.4 Å². The number of ether oxygens (including phenoxy) is 3. The zero-order valence-corrected chi connectivity index (χ0v) is 21.8. The Morgan fingerprint density at radius 3 is 2.40 bits per heavy atom. The van der Waals surface area contributed by atoms with Crippen molar-refractivity contribution in [3.63, 3.8) is 0 Å². The summed E-state index contributed by atoms with van der Waals surface area (Å²) >= 11 is 3.19. The lowest BCUT2D eigenvalue weighted by atomic mass is 10.2. The Kier molecular flexibility index (Phi) is 8.78. The third-order valence-corrected chi connectivity index (χ3v) is 7.79. The molecule has 1 atom stereocenters. The SMILES string of the molecule is COc1cc(Br)c(S(=O)(=O)Nc2ccc(C(F)(F)F)c(OCCNC3CCN(C)C3)c2)cc1OC. The van der Waals surface area contributed by atoms with E-state index in [2.05, 4.69) is 30.9 Å². The van der Waals surface area contributed by atoms with E-state index in [-0.39, 0.29) is 33.5 Å². The maximum absolute atomic E-state index is 13.5. The zero-order chi connectivity index (χ0) is 25.8. The molecule has 2 N–H and O–H groups in total. The van der Waals surface area contributed by atoms with E-state index in [0.717, 1.165) is 37.7 Å². The number of hydrogen-bond acceptors (Lipinski definition) is 7. The molecule has 194 valence electrons. The van der Waals surface area contributed by atoms with Gasteiger partial charge in [0.1, 0.15) is 17.3 Å². The van der Waals surface area contributed by atoms with E-state index in [0.29, 0.717) is 12.3 Å². The van der Waals surface area contributed by atoms with Crippen molar-refractivity contribution >= 4 is 31.6 Å². The van der Waals surface area contributed by atoms with Crippen LogP contribution in [0.1, 0.15) is 12.0 Å². The van der Waals surface area contributed by atoms with E-state index >= 15 is 0 Å². The van der Waals surface area contributed by atoms with Gasteiger partial charge in [0.2, 0.25) is 0 Å². The van der Waals surface area contributed by atoms with Crippen LogP contribution in [0.3, 0.4) is 0 Å². The van der Waals surface area contributed by atoms with E-state index in [9.17, 15) is 21.6 Å². The third kappa shape index (κ3) is 6.93. The number of alkyl halides is 3. The molecule has 1 saturated heterocycles. The van der Waals surface area contributed by atoms with Gasteiger partial charge in [-0.1, -0.05) is 0 Å². The fraction of sp³-hybridized carbons (Fsp3) is 0.455. The van der Waals surface area contributed by atoms with E-state index in [4.69, 9.17) is 14.2 Å². The molecule has 1 unspecified atom stereocenters. The van der Waals surface area contributed by atoms with Gasteiger partial charge in [-0.15, -0.1) is 0 Å². The summed E-state index contributed by atoms with van der Waals surface area (Å²) < 4.78 is 84.8. The van der Waals surface area contributed by atoms with E-state index in [1.807, 2.05) is 7.05 Å². The highest BCUT2D eigenvalue weighted by atomic mass is 79.9. The molecule has 1 aliphatic rings. The number of hydrogen-bond donors (Lipinski definition) is 2. The summed E-state index contributed by atoms with van der Waals surface area (Å²) in [6.45, 7) is 2.15. The molecule has 8 nitrogen and oxygen atoms in total. The van der Waals surface area contributed by atoms with Crippen LogP contribution < -0.4 is 24.2 Å². The molecule has 0 saturated carbocycles. The summed E-state index contributed by atoms with van der Waals surface area (Å²) in [5.41, 5.74) is -1.08. The van der Waals surface area contributed by atoms with Gasteiger partial charge >= 0.3 is 6.18 Å². The van der Waals surface area contributed by atoms with Crippen LogP contribution >= 0.6 is 15.9 Å². The van der Waals surface area contributed by atoms with Crippen molar-refractivity contribution in [2.45, 2.75) is 23.5 Å². The number of benzene rings is 2. The number of halogens is 4. The Hall–Kier alpha value is -2.22. The van der Waals surface area contributed by atoms with Gasteiger partial charge in [0, 0.05) is 35.7 Å². The smallest absolute Gasteiger partial charge is 0.419 e. The fourth-order valence-corrected chi connectivity index (χ4v) is 5.80. The molecular formula is C22H27BrF3N3O5S. The first-order valence-electron chi connectivity index (χ1n) is 10.6. The van der Waals surface area contributed by atoms with Gasteiger partial charge in [0.15, 0.2) is 11.5 Å². The Bertz CT molecular complexity index is 1150. The van der Waals surface area contributed by atoms with E-state index in [1.54, 1.807) is 0 Å². The molecule has 2 aromatic rings. The number of sulfonamides is 1. The predicted molar refractivity (Wildman–Crippen MR) is 129 cm³/mol. The van der Waals surface area contributed by atoms with Crippen LogP contribution in [0, 0.1) is 0 Å². The lowest BCUT2D eigenvalue weighted by molar-refractivity contribution is -0.138. The van der Waals surface area contributed by atoms with Gasteiger partial charge in [-0.2, -0.15) is 13.2 Å². The van der Waals surface area contributed by atoms with Gasteiger partial charge in [0.25, 0.3) is 10.0 Å².